The first-order valence-corrected chi connectivity index (χ1v) is 4.68. The molecule has 0 aliphatic rings. The molecule has 0 unspecified atom stereocenters. The summed E-state index contributed by atoms with van der Waals surface area (Å²) in [6, 6.07) is 2.06. The van der Waals surface area contributed by atoms with E-state index in [1.807, 2.05) is 17.7 Å². The molecule has 0 spiro atoms. The molecule has 0 saturated heterocycles. The van der Waals surface area contributed by atoms with E-state index in [2.05, 4.69) is 23.0 Å². The summed E-state index contributed by atoms with van der Waals surface area (Å²) in [7, 11) is 0. The molecule has 0 aromatic carbocycles. The van der Waals surface area contributed by atoms with Gasteiger partial charge in [0.15, 0.2) is 10.4 Å². The number of aromatic nitrogens is 3. The first-order valence-electron chi connectivity index (χ1n) is 4.27. The van der Waals surface area contributed by atoms with Crippen molar-refractivity contribution in [2.45, 2.75) is 20.4 Å². The van der Waals surface area contributed by atoms with Crippen LogP contribution in [0.25, 0.3) is 11.2 Å². The summed E-state index contributed by atoms with van der Waals surface area (Å²) in [4.78, 5) is 7.47. The van der Waals surface area contributed by atoms with Gasteiger partial charge in [-0.15, -0.1) is 0 Å². The quantitative estimate of drug-likeness (QED) is 0.706. The highest BCUT2D eigenvalue weighted by molar-refractivity contribution is 7.71. The molecule has 0 aliphatic carbocycles. The van der Waals surface area contributed by atoms with Gasteiger partial charge >= 0.3 is 0 Å². The maximum absolute atomic E-state index is 5.16. The van der Waals surface area contributed by atoms with E-state index in [9.17, 15) is 0 Å². The summed E-state index contributed by atoms with van der Waals surface area (Å²) >= 11 is 5.16. The van der Waals surface area contributed by atoms with Gasteiger partial charge in [-0.25, -0.2) is 4.98 Å². The minimum atomic E-state index is 0.746. The molecular formula is C9H11N3S. The third-order valence-electron chi connectivity index (χ3n) is 2.06. The number of pyridine rings is 1. The van der Waals surface area contributed by atoms with Crippen LogP contribution >= 0.6 is 12.2 Å². The first kappa shape index (κ1) is 8.44. The van der Waals surface area contributed by atoms with Crippen LogP contribution in [-0.4, -0.2) is 14.5 Å². The molecular weight excluding hydrogens is 182 g/mol. The van der Waals surface area contributed by atoms with E-state index in [1.165, 1.54) is 0 Å². The number of hydrogen-bond donors (Lipinski definition) is 1. The SMILES string of the molecule is CCn1c(=S)[nH]c2cc(C)cnc21. The second-order valence-electron chi connectivity index (χ2n) is 3.06. The maximum Gasteiger partial charge on any atom is 0.179 e. The van der Waals surface area contributed by atoms with E-state index >= 15 is 0 Å². The van der Waals surface area contributed by atoms with Gasteiger partial charge < -0.3 is 9.55 Å². The highest BCUT2D eigenvalue weighted by Crippen LogP contribution is 2.12. The Morgan fingerprint density at radius 2 is 2.38 bits per heavy atom. The van der Waals surface area contributed by atoms with Crippen LogP contribution in [0.2, 0.25) is 0 Å². The second kappa shape index (κ2) is 2.96. The average Bonchev–Trinajstić information content (AvgIpc) is 2.39. The minimum Gasteiger partial charge on any atom is -0.329 e. The molecule has 0 atom stereocenters. The Bertz CT molecular complexity index is 495. The molecule has 0 fully saturated rings. The van der Waals surface area contributed by atoms with E-state index in [1.54, 1.807) is 0 Å². The fourth-order valence-electron chi connectivity index (χ4n) is 1.44. The number of aryl methyl sites for hydroxylation is 2. The Kier molecular flexibility index (Phi) is 1.92. The van der Waals surface area contributed by atoms with Gasteiger partial charge in [0.1, 0.15) is 0 Å². The molecule has 68 valence electrons. The van der Waals surface area contributed by atoms with Gasteiger partial charge in [-0.05, 0) is 37.7 Å². The molecule has 2 aromatic heterocycles. The zero-order valence-electron chi connectivity index (χ0n) is 7.66. The van der Waals surface area contributed by atoms with Crippen LogP contribution in [0.1, 0.15) is 12.5 Å². The van der Waals surface area contributed by atoms with Crippen molar-refractivity contribution in [3.63, 3.8) is 0 Å². The van der Waals surface area contributed by atoms with Gasteiger partial charge in [-0.1, -0.05) is 0 Å². The molecule has 2 rings (SSSR count). The Hall–Kier alpha value is -1.16. The first-order chi connectivity index (χ1) is 6.22. The maximum atomic E-state index is 5.16. The van der Waals surface area contributed by atoms with E-state index in [4.69, 9.17) is 12.2 Å². The summed E-state index contributed by atoms with van der Waals surface area (Å²) in [5.41, 5.74) is 3.11. The average molecular weight is 193 g/mol. The van der Waals surface area contributed by atoms with E-state index in [0.29, 0.717) is 0 Å². The van der Waals surface area contributed by atoms with Gasteiger partial charge in [0.05, 0.1) is 5.52 Å². The zero-order valence-corrected chi connectivity index (χ0v) is 8.48. The largest absolute Gasteiger partial charge is 0.329 e. The molecule has 2 heterocycles. The van der Waals surface area contributed by atoms with E-state index < -0.39 is 0 Å². The normalized spacial score (nSPS) is 10.9. The van der Waals surface area contributed by atoms with Crippen LogP contribution in [0.3, 0.4) is 0 Å². The fourth-order valence-corrected chi connectivity index (χ4v) is 1.77. The monoisotopic (exact) mass is 193 g/mol. The molecule has 0 amide bonds. The lowest BCUT2D eigenvalue weighted by molar-refractivity contribution is 0.766. The minimum absolute atomic E-state index is 0.746. The summed E-state index contributed by atoms with van der Waals surface area (Å²) < 4.78 is 2.74. The summed E-state index contributed by atoms with van der Waals surface area (Å²) in [5, 5.41) is 0. The van der Waals surface area contributed by atoms with Gasteiger partial charge in [-0.2, -0.15) is 0 Å². The molecule has 13 heavy (non-hydrogen) atoms. The number of aromatic amines is 1. The summed E-state index contributed by atoms with van der Waals surface area (Å²) in [6.07, 6.45) is 1.86. The summed E-state index contributed by atoms with van der Waals surface area (Å²) in [5.74, 6) is 0. The molecule has 0 radical (unpaired) electrons. The van der Waals surface area contributed by atoms with Gasteiger partial charge in [-0.3, -0.25) is 0 Å². The van der Waals surface area contributed by atoms with Crippen LogP contribution in [0, 0.1) is 11.7 Å². The number of H-pyrrole nitrogens is 1. The predicted octanol–water partition coefficient (Wildman–Crippen LogP) is 2.42. The van der Waals surface area contributed by atoms with Crippen molar-refractivity contribution in [3.05, 3.63) is 22.6 Å². The molecule has 0 saturated carbocycles. The lowest BCUT2D eigenvalue weighted by Gasteiger charge is -1.97. The number of nitrogens with zero attached hydrogens (tertiary/aromatic N) is 2. The lowest BCUT2D eigenvalue weighted by Crippen LogP contribution is -1.94. The van der Waals surface area contributed by atoms with Gasteiger partial charge in [0, 0.05) is 12.7 Å². The molecule has 0 aliphatic heterocycles. The molecule has 1 N–H and O–H groups in total. The van der Waals surface area contributed by atoms with Crippen LogP contribution in [0.5, 0.6) is 0 Å². The smallest absolute Gasteiger partial charge is 0.179 e. The Morgan fingerprint density at radius 1 is 1.62 bits per heavy atom. The van der Waals surface area contributed by atoms with Crippen molar-refractivity contribution in [2.24, 2.45) is 0 Å². The number of fused-ring (bicyclic) bond motifs is 1. The Balaban J connectivity index is 2.87. The van der Waals surface area contributed by atoms with E-state index in [0.717, 1.165) is 28.0 Å². The van der Waals surface area contributed by atoms with Crippen LogP contribution in [0.15, 0.2) is 12.3 Å². The topological polar surface area (TPSA) is 33.6 Å². The summed E-state index contributed by atoms with van der Waals surface area (Å²) in [6.45, 7) is 4.94. The zero-order chi connectivity index (χ0) is 9.42. The molecule has 0 bridgehead atoms. The van der Waals surface area contributed by atoms with Crippen molar-refractivity contribution < 1.29 is 0 Å². The van der Waals surface area contributed by atoms with Crippen molar-refractivity contribution in [1.82, 2.24) is 14.5 Å². The van der Waals surface area contributed by atoms with Crippen molar-refractivity contribution in [3.8, 4) is 0 Å². The van der Waals surface area contributed by atoms with Gasteiger partial charge in [0.2, 0.25) is 0 Å². The highest BCUT2D eigenvalue weighted by atomic mass is 32.1. The highest BCUT2D eigenvalue weighted by Gasteiger charge is 2.02. The number of rotatable bonds is 1. The van der Waals surface area contributed by atoms with Crippen LogP contribution in [0.4, 0.5) is 0 Å². The number of imidazole rings is 1. The van der Waals surface area contributed by atoms with E-state index in [-0.39, 0.29) is 0 Å². The molecule has 4 heteroatoms. The number of nitrogens with one attached hydrogen (secondary N) is 1. The lowest BCUT2D eigenvalue weighted by atomic mass is 10.3. The standard InChI is InChI=1S/C9H11N3S/c1-3-12-8-7(11-9(12)13)4-6(2)5-10-8/h4-5H,3H2,1-2H3,(H,11,13). The fraction of sp³-hybridized carbons (Fsp3) is 0.333. The molecule has 2 aromatic rings. The van der Waals surface area contributed by atoms with Gasteiger partial charge in [0.25, 0.3) is 0 Å². The third kappa shape index (κ3) is 1.27. The Morgan fingerprint density at radius 3 is 3.08 bits per heavy atom. The van der Waals surface area contributed by atoms with Crippen molar-refractivity contribution in [1.29, 1.82) is 0 Å². The van der Waals surface area contributed by atoms with Crippen LogP contribution in [-0.2, 0) is 6.54 Å². The third-order valence-corrected chi connectivity index (χ3v) is 2.38. The van der Waals surface area contributed by atoms with Crippen LogP contribution < -0.4 is 0 Å². The Labute approximate surface area is 81.4 Å². The predicted molar refractivity (Wildman–Crippen MR) is 55.3 cm³/mol. The second-order valence-corrected chi connectivity index (χ2v) is 3.44. The van der Waals surface area contributed by atoms with Crippen molar-refractivity contribution >= 4 is 23.4 Å². The number of hydrogen-bond acceptors (Lipinski definition) is 2. The molecule has 3 nitrogen and oxygen atoms in total. The van der Waals surface area contributed by atoms with Crippen molar-refractivity contribution in [2.75, 3.05) is 0 Å².